The summed E-state index contributed by atoms with van der Waals surface area (Å²) in [6.45, 7) is 5.56. The number of aryl methyl sites for hydroxylation is 1. The van der Waals surface area contributed by atoms with Crippen LogP contribution in [0.4, 0.5) is 0 Å². The van der Waals surface area contributed by atoms with Crippen molar-refractivity contribution < 1.29 is 9.84 Å². The van der Waals surface area contributed by atoms with E-state index in [1.54, 1.807) is 13.2 Å². The number of methoxy groups -OCH3 is 1. The second kappa shape index (κ2) is 4.82. The third-order valence-electron chi connectivity index (χ3n) is 2.19. The summed E-state index contributed by atoms with van der Waals surface area (Å²) in [6.07, 6.45) is 1.83. The molecule has 1 rings (SSSR count). The van der Waals surface area contributed by atoms with Crippen LogP contribution in [0.2, 0.25) is 0 Å². The zero-order chi connectivity index (χ0) is 10.6. The molecule has 0 spiro atoms. The fourth-order valence-corrected chi connectivity index (χ4v) is 1.40. The first-order valence-corrected chi connectivity index (χ1v) is 4.62. The minimum atomic E-state index is -0.461. The Morgan fingerprint density at radius 2 is 2.29 bits per heavy atom. The fourth-order valence-electron chi connectivity index (χ4n) is 1.40. The Labute approximate surface area is 84.8 Å². The largest absolute Gasteiger partial charge is 0.496 e. The summed E-state index contributed by atoms with van der Waals surface area (Å²) < 4.78 is 5.14. The van der Waals surface area contributed by atoms with Crippen LogP contribution in [0.5, 0.6) is 5.75 Å². The van der Waals surface area contributed by atoms with E-state index in [1.807, 2.05) is 25.1 Å². The number of ether oxygens (including phenoxy) is 1. The minimum absolute atomic E-state index is 0.461. The Kier molecular flexibility index (Phi) is 3.72. The van der Waals surface area contributed by atoms with Crippen LogP contribution in [0.15, 0.2) is 30.9 Å². The first kappa shape index (κ1) is 10.8. The zero-order valence-corrected chi connectivity index (χ0v) is 8.66. The molecule has 1 aromatic rings. The maximum atomic E-state index is 9.70. The Morgan fingerprint density at radius 3 is 2.79 bits per heavy atom. The molecule has 0 saturated heterocycles. The molecule has 1 N–H and O–H groups in total. The first-order valence-electron chi connectivity index (χ1n) is 4.62. The van der Waals surface area contributed by atoms with Crippen LogP contribution in [-0.4, -0.2) is 12.2 Å². The van der Waals surface area contributed by atoms with Gasteiger partial charge >= 0.3 is 0 Å². The average molecular weight is 192 g/mol. The van der Waals surface area contributed by atoms with E-state index in [0.717, 1.165) is 16.9 Å². The van der Waals surface area contributed by atoms with Gasteiger partial charge in [-0.3, -0.25) is 0 Å². The van der Waals surface area contributed by atoms with Gasteiger partial charge in [0.2, 0.25) is 0 Å². The van der Waals surface area contributed by atoms with Gasteiger partial charge in [-0.2, -0.15) is 0 Å². The van der Waals surface area contributed by atoms with Crippen molar-refractivity contribution in [1.29, 1.82) is 0 Å². The Balaban J connectivity index is 2.90. The quantitative estimate of drug-likeness (QED) is 0.743. The standard InChI is InChI=1S/C12H16O2/c1-4-5-11(13)10-6-7-12(14-3)9(2)8-10/h4,6-8,11,13H,1,5H2,2-3H3. The molecule has 2 nitrogen and oxygen atoms in total. The van der Waals surface area contributed by atoms with Crippen LogP contribution < -0.4 is 4.74 Å². The Hall–Kier alpha value is -1.28. The van der Waals surface area contributed by atoms with Crippen LogP contribution in [0.3, 0.4) is 0 Å². The van der Waals surface area contributed by atoms with Crippen LogP contribution in [0, 0.1) is 6.92 Å². The lowest BCUT2D eigenvalue weighted by molar-refractivity contribution is 0.181. The van der Waals surface area contributed by atoms with Crippen molar-refractivity contribution in [2.45, 2.75) is 19.4 Å². The highest BCUT2D eigenvalue weighted by Gasteiger charge is 2.07. The molecule has 76 valence electrons. The molecule has 0 bridgehead atoms. The van der Waals surface area contributed by atoms with E-state index in [-0.39, 0.29) is 0 Å². The summed E-state index contributed by atoms with van der Waals surface area (Å²) in [5, 5.41) is 9.70. The molecule has 1 unspecified atom stereocenters. The van der Waals surface area contributed by atoms with Crippen molar-refractivity contribution in [3.8, 4) is 5.75 Å². The molecule has 0 fully saturated rings. The molecular formula is C12H16O2. The Morgan fingerprint density at radius 1 is 1.57 bits per heavy atom. The van der Waals surface area contributed by atoms with E-state index >= 15 is 0 Å². The van der Waals surface area contributed by atoms with Crippen molar-refractivity contribution in [3.63, 3.8) is 0 Å². The van der Waals surface area contributed by atoms with Gasteiger partial charge in [0.05, 0.1) is 13.2 Å². The van der Waals surface area contributed by atoms with E-state index in [0.29, 0.717) is 6.42 Å². The van der Waals surface area contributed by atoms with Crippen LogP contribution in [0.1, 0.15) is 23.7 Å². The zero-order valence-electron chi connectivity index (χ0n) is 8.66. The van der Waals surface area contributed by atoms with Gasteiger partial charge < -0.3 is 9.84 Å². The van der Waals surface area contributed by atoms with E-state index in [4.69, 9.17) is 4.74 Å². The Bertz CT molecular complexity index is 318. The second-order valence-corrected chi connectivity index (χ2v) is 3.27. The normalized spacial score (nSPS) is 12.2. The van der Waals surface area contributed by atoms with E-state index in [2.05, 4.69) is 6.58 Å². The molecule has 0 amide bonds. The van der Waals surface area contributed by atoms with E-state index < -0.39 is 6.10 Å². The predicted molar refractivity (Wildman–Crippen MR) is 57.5 cm³/mol. The SMILES string of the molecule is C=CCC(O)c1ccc(OC)c(C)c1. The highest BCUT2D eigenvalue weighted by Crippen LogP contribution is 2.24. The lowest BCUT2D eigenvalue weighted by Crippen LogP contribution is -1.97. The number of benzene rings is 1. The predicted octanol–water partition coefficient (Wildman–Crippen LogP) is 2.61. The van der Waals surface area contributed by atoms with Crippen molar-refractivity contribution in [3.05, 3.63) is 42.0 Å². The lowest BCUT2D eigenvalue weighted by Gasteiger charge is -2.11. The number of rotatable bonds is 4. The number of hydrogen-bond acceptors (Lipinski definition) is 2. The van der Waals surface area contributed by atoms with Crippen molar-refractivity contribution in [2.75, 3.05) is 7.11 Å². The van der Waals surface area contributed by atoms with Crippen molar-refractivity contribution >= 4 is 0 Å². The second-order valence-electron chi connectivity index (χ2n) is 3.27. The maximum Gasteiger partial charge on any atom is 0.121 e. The topological polar surface area (TPSA) is 29.5 Å². The molecule has 0 radical (unpaired) electrons. The van der Waals surface area contributed by atoms with Crippen molar-refractivity contribution in [2.24, 2.45) is 0 Å². The van der Waals surface area contributed by atoms with Gasteiger partial charge in [-0.15, -0.1) is 6.58 Å². The summed E-state index contributed by atoms with van der Waals surface area (Å²) in [5.41, 5.74) is 1.94. The minimum Gasteiger partial charge on any atom is -0.496 e. The first-order chi connectivity index (χ1) is 6.69. The number of hydrogen-bond donors (Lipinski definition) is 1. The van der Waals surface area contributed by atoms with E-state index in [9.17, 15) is 5.11 Å². The maximum absolute atomic E-state index is 9.70. The van der Waals surface area contributed by atoms with Gasteiger partial charge in [0.25, 0.3) is 0 Å². The summed E-state index contributed by atoms with van der Waals surface area (Å²) in [7, 11) is 1.64. The highest BCUT2D eigenvalue weighted by molar-refractivity contribution is 5.37. The number of aliphatic hydroxyl groups excluding tert-OH is 1. The van der Waals surface area contributed by atoms with Gasteiger partial charge in [0, 0.05) is 0 Å². The molecule has 0 saturated carbocycles. The monoisotopic (exact) mass is 192 g/mol. The molecule has 2 heteroatoms. The summed E-state index contributed by atoms with van der Waals surface area (Å²) in [4.78, 5) is 0. The molecular weight excluding hydrogens is 176 g/mol. The number of aliphatic hydroxyl groups is 1. The smallest absolute Gasteiger partial charge is 0.121 e. The highest BCUT2D eigenvalue weighted by atomic mass is 16.5. The third-order valence-corrected chi connectivity index (χ3v) is 2.19. The molecule has 0 aliphatic rings. The van der Waals surface area contributed by atoms with Crippen LogP contribution in [-0.2, 0) is 0 Å². The summed E-state index contributed by atoms with van der Waals surface area (Å²) >= 11 is 0. The molecule has 1 atom stereocenters. The van der Waals surface area contributed by atoms with Gasteiger partial charge in [-0.1, -0.05) is 12.1 Å². The van der Waals surface area contributed by atoms with Gasteiger partial charge in [0.15, 0.2) is 0 Å². The fraction of sp³-hybridized carbons (Fsp3) is 0.333. The average Bonchev–Trinajstić information content (AvgIpc) is 2.18. The molecule has 0 heterocycles. The summed E-state index contributed by atoms with van der Waals surface area (Å²) in [5.74, 6) is 0.847. The van der Waals surface area contributed by atoms with Gasteiger partial charge in [-0.05, 0) is 36.6 Å². The molecule has 14 heavy (non-hydrogen) atoms. The van der Waals surface area contributed by atoms with Gasteiger partial charge in [-0.25, -0.2) is 0 Å². The van der Waals surface area contributed by atoms with E-state index in [1.165, 1.54) is 0 Å². The molecule has 0 aliphatic carbocycles. The lowest BCUT2D eigenvalue weighted by atomic mass is 10.0. The summed E-state index contributed by atoms with van der Waals surface area (Å²) in [6, 6.07) is 5.68. The molecule has 0 aromatic heterocycles. The molecule has 1 aromatic carbocycles. The van der Waals surface area contributed by atoms with Crippen molar-refractivity contribution in [1.82, 2.24) is 0 Å². The van der Waals surface area contributed by atoms with Gasteiger partial charge in [0.1, 0.15) is 5.75 Å². The van der Waals surface area contributed by atoms with Crippen LogP contribution >= 0.6 is 0 Å². The molecule has 0 aliphatic heterocycles. The van der Waals surface area contributed by atoms with Crippen LogP contribution in [0.25, 0.3) is 0 Å². The third kappa shape index (κ3) is 2.36.